The van der Waals surface area contributed by atoms with Crippen LogP contribution in [0, 0.1) is 11.8 Å². The van der Waals surface area contributed by atoms with Crippen molar-refractivity contribution in [3.05, 3.63) is 23.9 Å². The third-order valence-corrected chi connectivity index (χ3v) is 4.38. The van der Waals surface area contributed by atoms with Gasteiger partial charge in [-0.3, -0.25) is 4.90 Å². The van der Waals surface area contributed by atoms with E-state index in [2.05, 4.69) is 29.8 Å². The molecular formula is C15H25N3O. The summed E-state index contributed by atoms with van der Waals surface area (Å²) in [7, 11) is 1.64. The molecule has 4 nitrogen and oxygen atoms in total. The number of likely N-dealkylation sites (tertiary alicyclic amines) is 1. The standard InChI is InChI=1S/C15H25N3O/c1-11-6-7-18(10-12(11)2)14(8-16)13-4-5-15(19-3)17-9-13/h4-5,9,11-12,14H,6-8,10,16H2,1-3H3. The van der Waals surface area contributed by atoms with Crippen molar-refractivity contribution in [2.75, 3.05) is 26.7 Å². The molecular weight excluding hydrogens is 238 g/mol. The average Bonchev–Trinajstić information content (AvgIpc) is 2.44. The zero-order valence-corrected chi connectivity index (χ0v) is 12.2. The lowest BCUT2D eigenvalue weighted by molar-refractivity contribution is 0.0981. The maximum absolute atomic E-state index is 5.99. The minimum Gasteiger partial charge on any atom is -0.481 e. The van der Waals surface area contributed by atoms with Crippen molar-refractivity contribution in [2.24, 2.45) is 17.6 Å². The predicted octanol–water partition coefficient (Wildman–Crippen LogP) is 2.07. The number of rotatable bonds is 4. The monoisotopic (exact) mass is 263 g/mol. The summed E-state index contributed by atoms with van der Waals surface area (Å²) in [6, 6.07) is 4.26. The van der Waals surface area contributed by atoms with E-state index in [1.54, 1.807) is 7.11 Å². The average molecular weight is 263 g/mol. The van der Waals surface area contributed by atoms with Crippen molar-refractivity contribution in [1.29, 1.82) is 0 Å². The third-order valence-electron chi connectivity index (χ3n) is 4.38. The number of piperidine rings is 1. The molecule has 19 heavy (non-hydrogen) atoms. The van der Waals surface area contributed by atoms with Gasteiger partial charge in [-0.15, -0.1) is 0 Å². The summed E-state index contributed by atoms with van der Waals surface area (Å²) in [5, 5.41) is 0. The normalized spacial score (nSPS) is 26.1. The largest absolute Gasteiger partial charge is 0.481 e. The summed E-state index contributed by atoms with van der Waals surface area (Å²) in [6.07, 6.45) is 3.14. The van der Waals surface area contributed by atoms with Crippen LogP contribution in [0.15, 0.2) is 18.3 Å². The van der Waals surface area contributed by atoms with Gasteiger partial charge >= 0.3 is 0 Å². The Bertz CT molecular complexity index is 393. The van der Waals surface area contributed by atoms with Gasteiger partial charge in [0.2, 0.25) is 5.88 Å². The number of methoxy groups -OCH3 is 1. The van der Waals surface area contributed by atoms with Crippen molar-refractivity contribution in [2.45, 2.75) is 26.3 Å². The Morgan fingerprint density at radius 1 is 1.42 bits per heavy atom. The summed E-state index contributed by atoms with van der Waals surface area (Å²) >= 11 is 0. The van der Waals surface area contributed by atoms with E-state index in [9.17, 15) is 0 Å². The van der Waals surface area contributed by atoms with Crippen LogP contribution in [0.1, 0.15) is 31.9 Å². The lowest BCUT2D eigenvalue weighted by Crippen LogP contribution is -2.43. The number of nitrogens with two attached hydrogens (primary N) is 1. The molecule has 2 N–H and O–H groups in total. The first-order valence-electron chi connectivity index (χ1n) is 7.09. The zero-order chi connectivity index (χ0) is 13.8. The Hall–Kier alpha value is -1.13. The van der Waals surface area contributed by atoms with Crippen LogP contribution in [0.2, 0.25) is 0 Å². The fourth-order valence-electron chi connectivity index (χ4n) is 2.78. The van der Waals surface area contributed by atoms with Crippen LogP contribution in [-0.4, -0.2) is 36.6 Å². The maximum Gasteiger partial charge on any atom is 0.212 e. The second kappa shape index (κ2) is 6.35. The van der Waals surface area contributed by atoms with Gasteiger partial charge in [0.1, 0.15) is 0 Å². The SMILES string of the molecule is COc1ccc(C(CN)N2CCC(C)C(C)C2)cn1. The van der Waals surface area contributed by atoms with Gasteiger partial charge < -0.3 is 10.5 Å². The van der Waals surface area contributed by atoms with Gasteiger partial charge in [0.25, 0.3) is 0 Å². The molecule has 1 aromatic heterocycles. The van der Waals surface area contributed by atoms with Crippen molar-refractivity contribution in [1.82, 2.24) is 9.88 Å². The van der Waals surface area contributed by atoms with Gasteiger partial charge in [-0.05, 0) is 30.4 Å². The molecule has 1 aliphatic heterocycles. The van der Waals surface area contributed by atoms with E-state index in [-0.39, 0.29) is 6.04 Å². The van der Waals surface area contributed by atoms with Crippen LogP contribution in [-0.2, 0) is 0 Å². The maximum atomic E-state index is 5.99. The second-order valence-corrected chi connectivity index (χ2v) is 5.62. The van der Waals surface area contributed by atoms with E-state index in [1.807, 2.05) is 12.3 Å². The predicted molar refractivity (Wildman–Crippen MR) is 77.1 cm³/mol. The number of hydrogen-bond acceptors (Lipinski definition) is 4. The Morgan fingerprint density at radius 3 is 2.74 bits per heavy atom. The summed E-state index contributed by atoms with van der Waals surface area (Å²) in [5.41, 5.74) is 7.17. The fraction of sp³-hybridized carbons (Fsp3) is 0.667. The second-order valence-electron chi connectivity index (χ2n) is 5.62. The van der Waals surface area contributed by atoms with E-state index in [4.69, 9.17) is 10.5 Å². The fourth-order valence-corrected chi connectivity index (χ4v) is 2.78. The van der Waals surface area contributed by atoms with Crippen molar-refractivity contribution >= 4 is 0 Å². The molecule has 106 valence electrons. The van der Waals surface area contributed by atoms with Crippen molar-refractivity contribution in [3.8, 4) is 5.88 Å². The first-order chi connectivity index (χ1) is 9.15. The molecule has 4 heteroatoms. The molecule has 2 rings (SSSR count). The molecule has 1 fully saturated rings. The van der Waals surface area contributed by atoms with Gasteiger partial charge in [0.05, 0.1) is 7.11 Å². The number of nitrogens with zero attached hydrogens (tertiary/aromatic N) is 2. The van der Waals surface area contributed by atoms with Gasteiger partial charge in [0, 0.05) is 31.4 Å². The molecule has 0 spiro atoms. The van der Waals surface area contributed by atoms with Crippen LogP contribution >= 0.6 is 0 Å². The first kappa shape index (κ1) is 14.3. The van der Waals surface area contributed by atoms with Gasteiger partial charge in [-0.25, -0.2) is 4.98 Å². The highest BCUT2D eigenvalue weighted by atomic mass is 16.5. The quantitative estimate of drug-likeness (QED) is 0.903. The molecule has 1 saturated heterocycles. The Balaban J connectivity index is 2.10. The van der Waals surface area contributed by atoms with E-state index < -0.39 is 0 Å². The number of hydrogen-bond donors (Lipinski definition) is 1. The minimum absolute atomic E-state index is 0.272. The van der Waals surface area contributed by atoms with Crippen molar-refractivity contribution in [3.63, 3.8) is 0 Å². The number of aromatic nitrogens is 1. The van der Waals surface area contributed by atoms with Crippen LogP contribution in [0.3, 0.4) is 0 Å². The topological polar surface area (TPSA) is 51.4 Å². The molecule has 3 unspecified atom stereocenters. The van der Waals surface area contributed by atoms with Gasteiger partial charge in [-0.2, -0.15) is 0 Å². The Kier molecular flexibility index (Phi) is 4.77. The smallest absolute Gasteiger partial charge is 0.212 e. The molecule has 0 radical (unpaired) electrons. The molecule has 1 aromatic rings. The summed E-state index contributed by atoms with van der Waals surface area (Å²) in [4.78, 5) is 6.78. The van der Waals surface area contributed by atoms with Crippen molar-refractivity contribution < 1.29 is 4.74 Å². The number of ether oxygens (including phenoxy) is 1. The van der Waals surface area contributed by atoms with Crippen LogP contribution < -0.4 is 10.5 Å². The first-order valence-corrected chi connectivity index (χ1v) is 7.09. The van der Waals surface area contributed by atoms with Gasteiger partial charge in [0.15, 0.2) is 0 Å². The lowest BCUT2D eigenvalue weighted by Gasteiger charge is -2.39. The molecule has 0 amide bonds. The highest BCUT2D eigenvalue weighted by Gasteiger charge is 2.28. The van der Waals surface area contributed by atoms with Crippen LogP contribution in [0.5, 0.6) is 5.88 Å². The summed E-state index contributed by atoms with van der Waals surface area (Å²) in [5.74, 6) is 2.19. The number of pyridine rings is 1. The van der Waals surface area contributed by atoms with Crippen LogP contribution in [0.4, 0.5) is 0 Å². The Morgan fingerprint density at radius 2 is 2.21 bits per heavy atom. The molecule has 3 atom stereocenters. The molecule has 0 bridgehead atoms. The highest BCUT2D eigenvalue weighted by Crippen LogP contribution is 2.29. The molecule has 0 aromatic carbocycles. The van der Waals surface area contributed by atoms with Gasteiger partial charge in [-0.1, -0.05) is 19.9 Å². The van der Waals surface area contributed by atoms with Crippen LogP contribution in [0.25, 0.3) is 0 Å². The zero-order valence-electron chi connectivity index (χ0n) is 12.2. The van der Waals surface area contributed by atoms with E-state index in [0.29, 0.717) is 12.4 Å². The Labute approximate surface area is 116 Å². The summed E-state index contributed by atoms with van der Waals surface area (Å²) in [6.45, 7) is 7.55. The van der Waals surface area contributed by atoms with E-state index in [1.165, 1.54) is 12.0 Å². The molecule has 2 heterocycles. The lowest BCUT2D eigenvalue weighted by atomic mass is 9.87. The minimum atomic E-state index is 0.272. The van der Waals surface area contributed by atoms with E-state index in [0.717, 1.165) is 24.9 Å². The molecule has 1 aliphatic rings. The summed E-state index contributed by atoms with van der Waals surface area (Å²) < 4.78 is 5.10. The molecule has 0 aliphatic carbocycles. The molecule has 0 saturated carbocycles. The third kappa shape index (κ3) is 3.25. The van der Waals surface area contributed by atoms with E-state index >= 15 is 0 Å². The highest BCUT2D eigenvalue weighted by molar-refractivity contribution is 5.21.